The van der Waals surface area contributed by atoms with E-state index in [1.807, 2.05) is 0 Å². The van der Waals surface area contributed by atoms with Gasteiger partial charge >= 0.3 is 5.97 Å². The van der Waals surface area contributed by atoms with Crippen LogP contribution in [-0.4, -0.2) is 40.5 Å². The smallest absolute Gasteiger partial charge is 0.323 e. The molecule has 0 aromatic carbocycles. The fourth-order valence-corrected chi connectivity index (χ4v) is 2.27. The lowest BCUT2D eigenvalue weighted by Crippen LogP contribution is -2.53. The molecule has 1 amide bonds. The molecule has 1 rings (SSSR count). The first kappa shape index (κ1) is 13.0. The van der Waals surface area contributed by atoms with Gasteiger partial charge in [-0.15, -0.1) is 0 Å². The average Bonchev–Trinajstić information content (AvgIpc) is 2.26. The number of rotatable bonds is 4. The Morgan fingerprint density at radius 3 is 2.50 bits per heavy atom. The van der Waals surface area contributed by atoms with Crippen molar-refractivity contribution in [3.05, 3.63) is 0 Å². The molecule has 0 saturated heterocycles. The summed E-state index contributed by atoms with van der Waals surface area (Å²) in [6.45, 7) is 1.51. The first-order valence-corrected chi connectivity index (χ1v) is 5.83. The molecule has 2 atom stereocenters. The minimum absolute atomic E-state index is 0.0800. The van der Waals surface area contributed by atoms with Crippen LogP contribution in [0.5, 0.6) is 0 Å². The van der Waals surface area contributed by atoms with E-state index < -0.39 is 5.97 Å². The number of hydrogen-bond acceptors (Lipinski definition) is 3. The largest absolute Gasteiger partial charge is 0.480 e. The molecule has 16 heavy (non-hydrogen) atoms. The van der Waals surface area contributed by atoms with Crippen LogP contribution in [0, 0.1) is 0 Å². The van der Waals surface area contributed by atoms with Gasteiger partial charge in [0, 0.05) is 18.5 Å². The van der Waals surface area contributed by atoms with Gasteiger partial charge in [-0.1, -0.05) is 19.8 Å². The van der Waals surface area contributed by atoms with Crippen molar-refractivity contribution in [2.24, 2.45) is 5.73 Å². The molecular weight excluding hydrogens is 208 g/mol. The third-order valence-corrected chi connectivity index (χ3v) is 3.11. The van der Waals surface area contributed by atoms with Crippen LogP contribution in [0.25, 0.3) is 0 Å². The van der Waals surface area contributed by atoms with E-state index in [0.717, 1.165) is 25.7 Å². The zero-order valence-electron chi connectivity index (χ0n) is 9.69. The van der Waals surface area contributed by atoms with Gasteiger partial charge < -0.3 is 15.7 Å². The molecule has 0 aliphatic heterocycles. The Balaban J connectivity index is 2.73. The third-order valence-electron chi connectivity index (χ3n) is 3.11. The van der Waals surface area contributed by atoms with Gasteiger partial charge in [-0.05, 0) is 12.8 Å². The van der Waals surface area contributed by atoms with Crippen molar-refractivity contribution in [3.63, 3.8) is 0 Å². The summed E-state index contributed by atoms with van der Waals surface area (Å²) in [7, 11) is 0. The van der Waals surface area contributed by atoms with E-state index in [-0.39, 0.29) is 24.5 Å². The predicted octanol–water partition coefficient (Wildman–Crippen LogP) is 0.579. The summed E-state index contributed by atoms with van der Waals surface area (Å²) >= 11 is 0. The number of amides is 1. The van der Waals surface area contributed by atoms with E-state index in [1.165, 1.54) is 4.90 Å². The number of carbonyl (C=O) groups excluding carboxylic acids is 1. The van der Waals surface area contributed by atoms with E-state index in [1.54, 1.807) is 6.92 Å². The van der Waals surface area contributed by atoms with Crippen molar-refractivity contribution in [1.29, 1.82) is 0 Å². The first-order chi connectivity index (χ1) is 7.56. The van der Waals surface area contributed by atoms with Gasteiger partial charge in [0.15, 0.2) is 0 Å². The zero-order valence-corrected chi connectivity index (χ0v) is 9.69. The second-order valence-electron chi connectivity index (χ2n) is 4.28. The van der Waals surface area contributed by atoms with Gasteiger partial charge in [0.2, 0.25) is 5.91 Å². The van der Waals surface area contributed by atoms with Crippen LogP contribution in [0.2, 0.25) is 0 Å². The maximum absolute atomic E-state index is 11.7. The van der Waals surface area contributed by atoms with Crippen LogP contribution < -0.4 is 5.73 Å². The lowest BCUT2D eigenvalue weighted by molar-refractivity contribution is -0.146. The topological polar surface area (TPSA) is 83.6 Å². The molecule has 1 aliphatic rings. The predicted molar refractivity (Wildman–Crippen MR) is 59.9 cm³/mol. The molecule has 0 aromatic rings. The van der Waals surface area contributed by atoms with Crippen molar-refractivity contribution in [2.45, 2.75) is 51.1 Å². The Hall–Kier alpha value is -1.10. The van der Waals surface area contributed by atoms with Gasteiger partial charge in [-0.2, -0.15) is 0 Å². The molecule has 5 heteroatoms. The minimum atomic E-state index is -0.973. The van der Waals surface area contributed by atoms with Gasteiger partial charge in [0.1, 0.15) is 6.54 Å². The summed E-state index contributed by atoms with van der Waals surface area (Å²) in [6, 6.07) is -0.180. The van der Waals surface area contributed by atoms with Crippen molar-refractivity contribution in [2.75, 3.05) is 6.54 Å². The molecule has 3 N–H and O–H groups in total. The normalized spacial score (nSPS) is 25.1. The monoisotopic (exact) mass is 228 g/mol. The zero-order chi connectivity index (χ0) is 12.1. The van der Waals surface area contributed by atoms with Crippen LogP contribution in [0.4, 0.5) is 0 Å². The number of nitrogens with zero attached hydrogens (tertiary/aromatic N) is 1. The number of nitrogens with two attached hydrogens (primary N) is 1. The van der Waals surface area contributed by atoms with Crippen molar-refractivity contribution < 1.29 is 14.7 Å². The van der Waals surface area contributed by atoms with Crippen LogP contribution in [0.15, 0.2) is 0 Å². The highest BCUT2D eigenvalue weighted by Crippen LogP contribution is 2.22. The second-order valence-corrected chi connectivity index (χ2v) is 4.28. The maximum Gasteiger partial charge on any atom is 0.323 e. The molecule has 2 unspecified atom stereocenters. The molecule has 92 valence electrons. The highest BCUT2D eigenvalue weighted by atomic mass is 16.4. The van der Waals surface area contributed by atoms with Crippen LogP contribution >= 0.6 is 0 Å². The summed E-state index contributed by atoms with van der Waals surface area (Å²) in [6.07, 6.45) is 4.11. The molecular formula is C11H20N2O3. The number of carboxylic acid groups (broad SMARTS) is 1. The average molecular weight is 228 g/mol. The first-order valence-electron chi connectivity index (χ1n) is 5.83. The van der Waals surface area contributed by atoms with Gasteiger partial charge in [-0.3, -0.25) is 9.59 Å². The standard InChI is InChI=1S/C11H20N2O3/c1-2-10(14)13(7-11(15)16)9-6-4-3-5-8(9)12/h8-9H,2-7,12H2,1H3,(H,15,16). The number of carbonyl (C=O) groups is 2. The van der Waals surface area contributed by atoms with Gasteiger partial charge in [0.05, 0.1) is 0 Å². The summed E-state index contributed by atoms with van der Waals surface area (Å²) in [5.41, 5.74) is 5.96. The SMILES string of the molecule is CCC(=O)N(CC(=O)O)C1CCCCC1N. The second kappa shape index (κ2) is 5.84. The van der Waals surface area contributed by atoms with E-state index >= 15 is 0 Å². The molecule has 0 aromatic heterocycles. The summed E-state index contributed by atoms with van der Waals surface area (Å²) in [5, 5.41) is 8.81. The molecule has 0 radical (unpaired) electrons. The third kappa shape index (κ3) is 3.20. The molecule has 0 bridgehead atoms. The van der Waals surface area contributed by atoms with Gasteiger partial charge in [0.25, 0.3) is 0 Å². The summed E-state index contributed by atoms with van der Waals surface area (Å²) < 4.78 is 0. The van der Waals surface area contributed by atoms with Crippen molar-refractivity contribution in [1.82, 2.24) is 4.90 Å². The summed E-state index contributed by atoms with van der Waals surface area (Å²) in [5.74, 6) is -1.09. The lowest BCUT2D eigenvalue weighted by atomic mass is 9.89. The van der Waals surface area contributed by atoms with Crippen molar-refractivity contribution in [3.8, 4) is 0 Å². The molecule has 1 aliphatic carbocycles. The fraction of sp³-hybridized carbons (Fsp3) is 0.818. The molecule has 0 heterocycles. The Morgan fingerprint density at radius 2 is 2.00 bits per heavy atom. The lowest BCUT2D eigenvalue weighted by Gasteiger charge is -2.37. The Morgan fingerprint density at radius 1 is 1.38 bits per heavy atom. The molecule has 1 saturated carbocycles. The number of carboxylic acids is 1. The van der Waals surface area contributed by atoms with Crippen LogP contribution in [0.1, 0.15) is 39.0 Å². The Labute approximate surface area is 95.6 Å². The molecule has 1 fully saturated rings. The van der Waals surface area contributed by atoms with E-state index in [4.69, 9.17) is 10.8 Å². The van der Waals surface area contributed by atoms with Crippen LogP contribution in [0.3, 0.4) is 0 Å². The maximum atomic E-state index is 11.7. The van der Waals surface area contributed by atoms with E-state index in [0.29, 0.717) is 6.42 Å². The highest BCUT2D eigenvalue weighted by Gasteiger charge is 2.31. The van der Waals surface area contributed by atoms with Gasteiger partial charge in [-0.25, -0.2) is 0 Å². The molecule has 5 nitrogen and oxygen atoms in total. The highest BCUT2D eigenvalue weighted by molar-refractivity contribution is 5.81. The van der Waals surface area contributed by atoms with E-state index in [9.17, 15) is 9.59 Å². The van der Waals surface area contributed by atoms with Crippen LogP contribution in [-0.2, 0) is 9.59 Å². The summed E-state index contributed by atoms with van der Waals surface area (Å²) in [4.78, 5) is 23.9. The molecule has 0 spiro atoms. The number of hydrogen-bond donors (Lipinski definition) is 2. The Bertz CT molecular complexity index is 268. The van der Waals surface area contributed by atoms with Crippen molar-refractivity contribution >= 4 is 11.9 Å². The quantitative estimate of drug-likeness (QED) is 0.737. The minimum Gasteiger partial charge on any atom is -0.480 e. The number of aliphatic carboxylic acids is 1. The van der Waals surface area contributed by atoms with E-state index in [2.05, 4.69) is 0 Å². The fourth-order valence-electron chi connectivity index (χ4n) is 2.27. The Kier molecular flexibility index (Phi) is 4.73.